The van der Waals surface area contributed by atoms with E-state index in [0.29, 0.717) is 5.75 Å². The highest BCUT2D eigenvalue weighted by Gasteiger charge is 2.25. The number of ether oxygens (including phenoxy) is 1. The van der Waals surface area contributed by atoms with Crippen molar-refractivity contribution in [2.24, 2.45) is 0 Å². The minimum atomic E-state index is -0.812. The number of phenolic OH excluding ortho intramolecular Hbond substituents is 2. The fourth-order valence-corrected chi connectivity index (χ4v) is 1.43. The van der Waals surface area contributed by atoms with Crippen LogP contribution in [0.2, 0.25) is 0 Å². The van der Waals surface area contributed by atoms with Crippen molar-refractivity contribution < 1.29 is 19.9 Å². The predicted octanol–water partition coefficient (Wildman–Crippen LogP) is 2.80. The van der Waals surface area contributed by atoms with Gasteiger partial charge in [-0.15, -0.1) is 0 Å². The second kappa shape index (κ2) is 4.62. The minimum Gasteiger partial charge on any atom is -0.504 e. The predicted molar refractivity (Wildman–Crippen MR) is 62.9 cm³/mol. The van der Waals surface area contributed by atoms with Gasteiger partial charge >= 0.3 is 5.69 Å². The molecule has 0 amide bonds. The molecule has 0 unspecified atom stereocenters. The summed E-state index contributed by atoms with van der Waals surface area (Å²) in [6.07, 6.45) is 0. The molecule has 0 spiro atoms. The van der Waals surface area contributed by atoms with Crippen LogP contribution in [0.1, 0.15) is 0 Å². The summed E-state index contributed by atoms with van der Waals surface area (Å²) >= 11 is 0. The molecule has 6 heteroatoms. The first-order valence-corrected chi connectivity index (χ1v) is 5.02. The van der Waals surface area contributed by atoms with Gasteiger partial charge in [0.25, 0.3) is 5.75 Å². The molecule has 2 rings (SSSR count). The minimum absolute atomic E-state index is 0.321. The quantitative estimate of drug-likeness (QED) is 0.494. The molecule has 2 aromatic rings. The first kappa shape index (κ1) is 11.7. The molecule has 0 fully saturated rings. The van der Waals surface area contributed by atoms with Gasteiger partial charge in [-0.25, -0.2) is 0 Å². The van der Waals surface area contributed by atoms with E-state index in [4.69, 9.17) is 4.74 Å². The van der Waals surface area contributed by atoms with Crippen molar-refractivity contribution in [3.8, 4) is 23.0 Å². The van der Waals surface area contributed by atoms with Gasteiger partial charge in [0, 0.05) is 0 Å². The number of hydrogen-bond acceptors (Lipinski definition) is 5. The van der Waals surface area contributed by atoms with Crippen LogP contribution in [0.3, 0.4) is 0 Å². The van der Waals surface area contributed by atoms with E-state index in [1.807, 2.05) is 0 Å². The van der Waals surface area contributed by atoms with Crippen LogP contribution in [-0.2, 0) is 0 Å². The SMILES string of the molecule is O=[N+]([O-])c1c(O)ccc(O)c1Oc1ccccc1. The maximum Gasteiger partial charge on any atom is 0.356 e. The number of aromatic hydroxyl groups is 2. The van der Waals surface area contributed by atoms with Crippen LogP contribution in [-0.4, -0.2) is 15.1 Å². The largest absolute Gasteiger partial charge is 0.504 e. The molecule has 6 nitrogen and oxygen atoms in total. The third-order valence-corrected chi connectivity index (χ3v) is 2.24. The fourth-order valence-electron chi connectivity index (χ4n) is 1.43. The molecule has 18 heavy (non-hydrogen) atoms. The Balaban J connectivity index is 2.50. The Kier molecular flexibility index (Phi) is 3.01. The number of nitrogens with zero attached hydrogens (tertiary/aromatic N) is 1. The van der Waals surface area contributed by atoms with E-state index in [9.17, 15) is 20.3 Å². The lowest BCUT2D eigenvalue weighted by Gasteiger charge is -2.08. The zero-order chi connectivity index (χ0) is 13.1. The molecule has 0 atom stereocenters. The molecule has 0 bridgehead atoms. The zero-order valence-electron chi connectivity index (χ0n) is 9.11. The average Bonchev–Trinajstić information content (AvgIpc) is 2.35. The summed E-state index contributed by atoms with van der Waals surface area (Å²) in [4.78, 5) is 10.0. The van der Waals surface area contributed by atoms with E-state index >= 15 is 0 Å². The summed E-state index contributed by atoms with van der Waals surface area (Å²) in [6.45, 7) is 0. The maximum absolute atomic E-state index is 10.8. The van der Waals surface area contributed by atoms with Gasteiger partial charge in [0.15, 0.2) is 11.5 Å². The molecule has 0 aliphatic carbocycles. The molecule has 0 radical (unpaired) electrons. The number of rotatable bonds is 3. The van der Waals surface area contributed by atoms with Gasteiger partial charge in [0.05, 0.1) is 4.92 Å². The molecule has 0 aromatic heterocycles. The van der Waals surface area contributed by atoms with Crippen LogP contribution in [0, 0.1) is 10.1 Å². The molecule has 0 aliphatic rings. The molecule has 2 aromatic carbocycles. The third-order valence-electron chi connectivity index (χ3n) is 2.24. The Morgan fingerprint density at radius 3 is 2.22 bits per heavy atom. The lowest BCUT2D eigenvalue weighted by atomic mass is 10.2. The zero-order valence-corrected chi connectivity index (χ0v) is 9.11. The third kappa shape index (κ3) is 2.17. The second-order valence-corrected chi connectivity index (χ2v) is 3.45. The Morgan fingerprint density at radius 1 is 1.00 bits per heavy atom. The van der Waals surface area contributed by atoms with Crippen molar-refractivity contribution in [2.75, 3.05) is 0 Å². The fraction of sp³-hybridized carbons (Fsp3) is 0. The number of nitro benzene ring substituents is 1. The normalized spacial score (nSPS) is 10.0. The van der Waals surface area contributed by atoms with Crippen molar-refractivity contribution in [2.45, 2.75) is 0 Å². The van der Waals surface area contributed by atoms with Gasteiger partial charge in [-0.05, 0) is 24.3 Å². The van der Waals surface area contributed by atoms with Crippen molar-refractivity contribution in [1.29, 1.82) is 0 Å². The number of para-hydroxylation sites is 1. The lowest BCUT2D eigenvalue weighted by Crippen LogP contribution is -1.94. The Hall–Kier alpha value is -2.76. The molecule has 92 valence electrons. The van der Waals surface area contributed by atoms with Crippen molar-refractivity contribution in [3.05, 3.63) is 52.6 Å². The first-order valence-electron chi connectivity index (χ1n) is 5.02. The summed E-state index contributed by atoms with van der Waals surface area (Å²) in [5.41, 5.74) is -0.668. The molecule has 0 saturated carbocycles. The molecular weight excluding hydrogens is 238 g/mol. The highest BCUT2D eigenvalue weighted by molar-refractivity contribution is 5.63. The van der Waals surface area contributed by atoms with Crippen molar-refractivity contribution in [3.63, 3.8) is 0 Å². The van der Waals surface area contributed by atoms with Crippen molar-refractivity contribution >= 4 is 5.69 Å². The van der Waals surface area contributed by atoms with Gasteiger partial charge in [-0.3, -0.25) is 10.1 Å². The number of nitro groups is 1. The second-order valence-electron chi connectivity index (χ2n) is 3.45. The summed E-state index contributed by atoms with van der Waals surface area (Å²) in [5, 5.41) is 29.9. The number of benzene rings is 2. The van der Waals surface area contributed by atoms with Crippen molar-refractivity contribution in [1.82, 2.24) is 0 Å². The maximum atomic E-state index is 10.8. The van der Waals surface area contributed by atoms with E-state index in [2.05, 4.69) is 0 Å². The van der Waals surface area contributed by atoms with E-state index < -0.39 is 22.1 Å². The summed E-state index contributed by atoms with van der Waals surface area (Å²) in [5.74, 6) is -1.04. The smallest absolute Gasteiger partial charge is 0.356 e. The molecule has 0 heterocycles. The van der Waals surface area contributed by atoms with Crippen LogP contribution in [0.4, 0.5) is 5.69 Å². The summed E-state index contributed by atoms with van der Waals surface area (Å²) < 4.78 is 5.23. The highest BCUT2D eigenvalue weighted by atomic mass is 16.6. The number of hydrogen-bond donors (Lipinski definition) is 2. The van der Waals surface area contributed by atoms with Crippen LogP contribution in [0.5, 0.6) is 23.0 Å². The van der Waals surface area contributed by atoms with Gasteiger partial charge in [0.2, 0.25) is 0 Å². The van der Waals surface area contributed by atoms with Gasteiger partial charge in [0.1, 0.15) is 5.75 Å². The Bertz CT molecular complexity index is 583. The molecule has 0 aliphatic heterocycles. The summed E-state index contributed by atoms with van der Waals surface area (Å²) in [6, 6.07) is 10.4. The summed E-state index contributed by atoms with van der Waals surface area (Å²) in [7, 11) is 0. The topological polar surface area (TPSA) is 92.8 Å². The molecule has 0 saturated heterocycles. The van der Waals surface area contributed by atoms with E-state index in [1.54, 1.807) is 30.3 Å². The first-order chi connectivity index (χ1) is 8.59. The average molecular weight is 247 g/mol. The molecule has 2 N–H and O–H groups in total. The van der Waals surface area contributed by atoms with Crippen LogP contribution < -0.4 is 4.74 Å². The van der Waals surface area contributed by atoms with E-state index in [1.165, 1.54) is 0 Å². The van der Waals surface area contributed by atoms with Crippen LogP contribution in [0.25, 0.3) is 0 Å². The molecular formula is C12H9NO5. The number of phenols is 2. The van der Waals surface area contributed by atoms with Gasteiger partial charge < -0.3 is 14.9 Å². The van der Waals surface area contributed by atoms with Crippen LogP contribution in [0.15, 0.2) is 42.5 Å². The standard InChI is InChI=1S/C12H9NO5/c14-9-6-7-10(15)12(11(9)13(16)17)18-8-4-2-1-3-5-8/h1-7,14-15H. The van der Waals surface area contributed by atoms with Gasteiger partial charge in [-0.2, -0.15) is 0 Å². The van der Waals surface area contributed by atoms with E-state index in [-0.39, 0.29) is 5.75 Å². The van der Waals surface area contributed by atoms with Crippen LogP contribution >= 0.6 is 0 Å². The monoisotopic (exact) mass is 247 g/mol. The highest BCUT2D eigenvalue weighted by Crippen LogP contribution is 2.44. The Morgan fingerprint density at radius 2 is 1.61 bits per heavy atom. The van der Waals surface area contributed by atoms with E-state index in [0.717, 1.165) is 12.1 Å². The Labute approximate surface area is 102 Å². The lowest BCUT2D eigenvalue weighted by molar-refractivity contribution is -0.386. The van der Waals surface area contributed by atoms with Gasteiger partial charge in [-0.1, -0.05) is 18.2 Å².